The molecule has 2 amide bonds. The van der Waals surface area contributed by atoms with E-state index in [2.05, 4.69) is 33.7 Å². The minimum atomic E-state index is -4.74. The fraction of sp³-hybridized carbons (Fsp3) is 0.541. The molecule has 456 valence electrons. The van der Waals surface area contributed by atoms with Crippen LogP contribution in [0.25, 0.3) is 28.5 Å². The highest BCUT2D eigenvalue weighted by Crippen LogP contribution is 2.49. The van der Waals surface area contributed by atoms with E-state index in [1.54, 1.807) is 20.3 Å². The summed E-state index contributed by atoms with van der Waals surface area (Å²) in [5, 5.41) is 1.46. The number of allylic oxidation sites excluding steroid dienone is 3. The second kappa shape index (κ2) is 35.5. The maximum Gasteiger partial charge on any atom is 0.333 e. The monoisotopic (exact) mass is 1180 g/mol. The molecule has 3 heterocycles. The van der Waals surface area contributed by atoms with Gasteiger partial charge >= 0.3 is 5.97 Å². The molecule has 0 radical (unpaired) electrons. The van der Waals surface area contributed by atoms with Crippen molar-refractivity contribution in [2.24, 2.45) is 0 Å². The molecule has 0 N–H and O–H groups in total. The third kappa shape index (κ3) is 21.1. The van der Waals surface area contributed by atoms with Gasteiger partial charge < -0.3 is 66.1 Å². The van der Waals surface area contributed by atoms with Gasteiger partial charge in [0, 0.05) is 74.0 Å². The van der Waals surface area contributed by atoms with Crippen LogP contribution in [-0.2, 0) is 82.1 Å². The van der Waals surface area contributed by atoms with Gasteiger partial charge in [-0.3, -0.25) is 9.59 Å². The number of hydrogen-bond donors (Lipinski definition) is 0. The first-order valence-corrected chi connectivity index (χ1v) is 29.8. The van der Waals surface area contributed by atoms with Crippen LogP contribution in [0.15, 0.2) is 93.9 Å². The second-order valence-corrected chi connectivity index (χ2v) is 21.4. The van der Waals surface area contributed by atoms with Crippen LogP contribution in [0.2, 0.25) is 0 Å². The van der Waals surface area contributed by atoms with Gasteiger partial charge in [0.05, 0.1) is 117 Å². The van der Waals surface area contributed by atoms with Gasteiger partial charge in [-0.05, 0) is 72.9 Å². The molecule has 6 rings (SSSR count). The van der Waals surface area contributed by atoms with Gasteiger partial charge in [0.2, 0.25) is 5.36 Å². The van der Waals surface area contributed by atoms with E-state index in [1.807, 2.05) is 63.3 Å². The van der Waals surface area contributed by atoms with Crippen molar-refractivity contribution in [1.29, 1.82) is 0 Å². The van der Waals surface area contributed by atoms with Crippen molar-refractivity contribution in [1.82, 2.24) is 9.64 Å². The number of carbonyl (C=O) groups is 3. The van der Waals surface area contributed by atoms with Gasteiger partial charge in [0.1, 0.15) is 34.9 Å². The Hall–Kier alpha value is -5.73. The van der Waals surface area contributed by atoms with Crippen LogP contribution in [0, 0.1) is 6.92 Å². The maximum atomic E-state index is 12.5. The highest BCUT2D eigenvalue weighted by atomic mass is 32.2. The van der Waals surface area contributed by atoms with Gasteiger partial charge in [-0.2, -0.15) is 0 Å². The van der Waals surface area contributed by atoms with Gasteiger partial charge in [0.25, 0.3) is 11.8 Å². The molecule has 1 aliphatic carbocycles. The number of rotatable bonds is 41. The Kier molecular flexibility index (Phi) is 28.4. The number of benzene rings is 3. The number of unbranched alkanes of at least 4 members (excludes halogenated alkanes) is 2. The SMILES string of the molecule is COCCOCCOCCOCCOCC[N+](CCOCCOCCOCCOCCOC)=c1ccc2c(-c3ccccc3)c(C)c(/C=C/C=C3/N(CCCCCC(=O)ON4C(=O)CCC4=O)c4ccc(S(=O)(=O)[O-])cc4C3(C)C)oc-2c1. The lowest BCUT2D eigenvalue weighted by atomic mass is 9.83. The van der Waals surface area contributed by atoms with E-state index in [9.17, 15) is 27.4 Å². The summed E-state index contributed by atoms with van der Waals surface area (Å²) in [5.74, 6) is -0.447. The Labute approximate surface area is 488 Å². The molecular formula is C61H83N3O18S. The van der Waals surface area contributed by atoms with Gasteiger partial charge in [-0.1, -0.05) is 56.7 Å². The number of hydroxylamine groups is 2. The van der Waals surface area contributed by atoms with Gasteiger partial charge in [0.15, 0.2) is 13.1 Å². The molecule has 0 aromatic heterocycles. The molecule has 1 fully saturated rings. The lowest BCUT2D eigenvalue weighted by Crippen LogP contribution is -2.36. The lowest BCUT2D eigenvalue weighted by Gasteiger charge is -2.27. The lowest BCUT2D eigenvalue weighted by molar-refractivity contribution is -0.197. The largest absolute Gasteiger partial charge is 0.744 e. The first kappa shape index (κ1) is 66.4. The van der Waals surface area contributed by atoms with E-state index in [0.717, 1.165) is 39.0 Å². The van der Waals surface area contributed by atoms with Gasteiger partial charge in [-0.15, -0.1) is 5.06 Å². The van der Waals surface area contributed by atoms with Crippen LogP contribution in [0.4, 0.5) is 5.69 Å². The second-order valence-electron chi connectivity index (χ2n) is 20.1. The summed E-state index contributed by atoms with van der Waals surface area (Å²) in [5.41, 5.74) is 5.42. The van der Waals surface area contributed by atoms with E-state index in [0.29, 0.717) is 180 Å². The minimum absolute atomic E-state index is 0.0140. The highest BCUT2D eigenvalue weighted by molar-refractivity contribution is 7.85. The standard InChI is InChI=1S/C61H83N3O18S/c1-47-54(15-12-16-56-61(2,3)52-46-50(83(68,69)70)19-21-53(52)63(56)24-11-7-10-17-59(67)82-64-57(65)22-23-58(64)66)81-55-45-49(18-20-51(55)60(47)48-13-8-6-9-14-48)62(25-27-73-33-35-77-41-43-79-39-37-75-31-29-71-4)26-28-74-34-36-78-42-44-80-40-38-76-32-30-72-5/h6,8-9,12-16,18-21,45-46H,7,10-11,17,22-44H2,1-5H3. The summed E-state index contributed by atoms with van der Waals surface area (Å²) in [6.45, 7) is 15.9. The fourth-order valence-corrected chi connectivity index (χ4v) is 9.98. The number of hydrogen-bond acceptors (Lipinski definition) is 19. The number of anilines is 1. The number of ether oxygens (including phenoxy) is 10. The van der Waals surface area contributed by atoms with Crippen LogP contribution in [-0.4, -0.2) is 189 Å². The Morgan fingerprint density at radius 1 is 0.675 bits per heavy atom. The number of fused-ring (bicyclic) bond motifs is 2. The van der Waals surface area contributed by atoms with Crippen molar-refractivity contribution in [3.8, 4) is 22.5 Å². The van der Waals surface area contributed by atoms with Crippen molar-refractivity contribution >= 4 is 39.7 Å². The van der Waals surface area contributed by atoms with Crippen LogP contribution in [0.1, 0.15) is 69.3 Å². The van der Waals surface area contributed by atoms with Crippen LogP contribution >= 0.6 is 0 Å². The molecule has 0 unspecified atom stereocenters. The molecule has 0 spiro atoms. The fourth-order valence-electron chi connectivity index (χ4n) is 9.48. The molecule has 3 aliphatic heterocycles. The molecule has 83 heavy (non-hydrogen) atoms. The number of amides is 2. The topological polar surface area (TPSA) is 233 Å². The van der Waals surface area contributed by atoms with E-state index in [-0.39, 0.29) is 24.2 Å². The normalized spacial score (nSPS) is 14.7. The molecule has 0 bridgehead atoms. The van der Waals surface area contributed by atoms with Crippen molar-refractivity contribution in [3.63, 3.8) is 0 Å². The molecule has 22 heteroatoms. The molecule has 0 atom stereocenters. The van der Waals surface area contributed by atoms with Crippen molar-refractivity contribution in [3.05, 3.63) is 107 Å². The maximum absolute atomic E-state index is 12.5. The molecule has 4 aliphatic rings. The molecule has 0 saturated carbocycles. The Bertz CT molecular complexity index is 2820. The summed E-state index contributed by atoms with van der Waals surface area (Å²) >= 11 is 0. The quantitative estimate of drug-likeness (QED) is 0.0205. The third-order valence-corrected chi connectivity index (χ3v) is 14.7. The van der Waals surface area contributed by atoms with Crippen LogP contribution in [0.5, 0.6) is 0 Å². The molecule has 2 aromatic rings. The smallest absolute Gasteiger partial charge is 0.333 e. The molecule has 21 nitrogen and oxygen atoms in total. The average molecular weight is 1180 g/mol. The minimum Gasteiger partial charge on any atom is -0.744 e. The average Bonchev–Trinajstić information content (AvgIpc) is 4.13. The first-order chi connectivity index (χ1) is 40.2. The summed E-state index contributed by atoms with van der Waals surface area (Å²) in [7, 11) is -1.48. The summed E-state index contributed by atoms with van der Waals surface area (Å²) < 4.78 is 101. The van der Waals surface area contributed by atoms with E-state index in [1.165, 1.54) is 12.1 Å². The predicted octanol–water partition coefficient (Wildman–Crippen LogP) is 6.32. The van der Waals surface area contributed by atoms with Gasteiger partial charge in [-0.25, -0.2) is 17.8 Å². The number of nitrogens with zero attached hydrogens (tertiary/aromatic N) is 3. The zero-order valence-corrected chi connectivity index (χ0v) is 49.6. The Morgan fingerprint density at radius 3 is 1.73 bits per heavy atom. The van der Waals surface area contributed by atoms with E-state index < -0.39 is 33.3 Å². The number of imide groups is 1. The Morgan fingerprint density at radius 2 is 1.20 bits per heavy atom. The Balaban J connectivity index is 1.20. The first-order valence-electron chi connectivity index (χ1n) is 28.4. The molecule has 2 aromatic carbocycles. The summed E-state index contributed by atoms with van der Waals surface area (Å²) in [4.78, 5) is 43.3. The molecule has 1 saturated heterocycles. The van der Waals surface area contributed by atoms with Crippen molar-refractivity contribution in [2.45, 2.75) is 69.6 Å². The van der Waals surface area contributed by atoms with E-state index in [4.69, 9.17) is 56.6 Å². The summed E-state index contributed by atoms with van der Waals surface area (Å²) in [6, 6.07) is 20.8. The zero-order valence-electron chi connectivity index (χ0n) is 48.8. The summed E-state index contributed by atoms with van der Waals surface area (Å²) in [6.07, 6.45) is 7.55. The van der Waals surface area contributed by atoms with E-state index >= 15 is 0 Å². The van der Waals surface area contributed by atoms with Crippen LogP contribution in [0.3, 0.4) is 0 Å². The highest BCUT2D eigenvalue weighted by Gasteiger charge is 2.40. The number of methoxy groups -OCH3 is 2. The van der Waals surface area contributed by atoms with Crippen LogP contribution < -0.4 is 14.8 Å². The third-order valence-electron chi connectivity index (χ3n) is 13.8. The predicted molar refractivity (Wildman–Crippen MR) is 308 cm³/mol. The molecular weight excluding hydrogens is 1090 g/mol. The zero-order chi connectivity index (χ0) is 59.3. The van der Waals surface area contributed by atoms with Crippen molar-refractivity contribution < 1.29 is 84.0 Å². The number of carbonyl (C=O) groups excluding carboxylic acids is 3. The van der Waals surface area contributed by atoms with Crippen molar-refractivity contribution in [2.75, 3.05) is 158 Å².